The smallest absolute Gasteiger partial charge is 0.306 e. The quantitative estimate of drug-likeness (QED) is 0.274. The predicted molar refractivity (Wildman–Crippen MR) is 165 cm³/mol. The van der Waals surface area contributed by atoms with Gasteiger partial charge < -0.3 is 14.6 Å². The van der Waals surface area contributed by atoms with Crippen LogP contribution in [0.3, 0.4) is 0 Å². The SMILES string of the molecule is COc1cc(-c2ccc(C3CCc4ccc([C@H](C5CCC5)[C@H](C)C(=O)O)cc4O3)cc2CN2[C@H](C)CC[C@H]2C)c(F)cn1. The van der Waals surface area contributed by atoms with E-state index in [9.17, 15) is 9.90 Å². The first-order valence-electron chi connectivity index (χ1n) is 15.8. The summed E-state index contributed by atoms with van der Waals surface area (Å²) in [6.45, 7) is 7.09. The number of aryl methyl sites for hydroxylation is 1. The van der Waals surface area contributed by atoms with Gasteiger partial charge in [0, 0.05) is 30.3 Å². The Labute approximate surface area is 254 Å². The summed E-state index contributed by atoms with van der Waals surface area (Å²) in [5.41, 5.74) is 5.70. The Bertz CT molecular complexity index is 1480. The Morgan fingerprint density at radius 3 is 2.51 bits per heavy atom. The lowest BCUT2D eigenvalue weighted by molar-refractivity contribution is -0.142. The van der Waals surface area contributed by atoms with Crippen LogP contribution in [0.25, 0.3) is 11.1 Å². The fraction of sp³-hybridized carbons (Fsp3) is 0.500. The van der Waals surface area contributed by atoms with Gasteiger partial charge in [0.2, 0.25) is 5.88 Å². The van der Waals surface area contributed by atoms with Gasteiger partial charge in [0.1, 0.15) is 17.7 Å². The molecule has 0 amide bonds. The molecule has 228 valence electrons. The summed E-state index contributed by atoms with van der Waals surface area (Å²) in [6.07, 6.45) is 8.45. The van der Waals surface area contributed by atoms with Crippen LogP contribution >= 0.6 is 0 Å². The first-order chi connectivity index (χ1) is 20.7. The first kappa shape index (κ1) is 29.6. The molecule has 5 atom stereocenters. The zero-order chi connectivity index (χ0) is 30.2. The maximum absolute atomic E-state index is 15.2. The minimum Gasteiger partial charge on any atom is -0.485 e. The van der Waals surface area contributed by atoms with Gasteiger partial charge in [0.05, 0.1) is 19.2 Å². The molecule has 6 nitrogen and oxygen atoms in total. The Hall–Kier alpha value is -3.45. The van der Waals surface area contributed by atoms with Crippen LogP contribution in [0.4, 0.5) is 4.39 Å². The highest BCUT2D eigenvalue weighted by Crippen LogP contribution is 2.46. The number of halogens is 1. The molecular weight excluding hydrogens is 543 g/mol. The fourth-order valence-electron chi connectivity index (χ4n) is 7.45. The molecule has 3 heterocycles. The molecule has 1 saturated heterocycles. The second kappa shape index (κ2) is 12.3. The van der Waals surface area contributed by atoms with Gasteiger partial charge in [0.15, 0.2) is 0 Å². The molecule has 1 saturated carbocycles. The maximum atomic E-state index is 15.2. The van der Waals surface area contributed by atoms with E-state index in [1.165, 1.54) is 12.6 Å². The van der Waals surface area contributed by atoms with Gasteiger partial charge in [-0.15, -0.1) is 0 Å². The van der Waals surface area contributed by atoms with E-state index in [-0.39, 0.29) is 17.8 Å². The average Bonchev–Trinajstić information content (AvgIpc) is 3.30. The fourth-order valence-corrected chi connectivity index (χ4v) is 7.45. The van der Waals surface area contributed by atoms with Crippen LogP contribution in [0, 0.1) is 17.7 Å². The average molecular weight is 587 g/mol. The summed E-state index contributed by atoms with van der Waals surface area (Å²) in [6, 6.07) is 15.2. The van der Waals surface area contributed by atoms with E-state index in [0.717, 1.165) is 78.6 Å². The summed E-state index contributed by atoms with van der Waals surface area (Å²) in [4.78, 5) is 18.6. The van der Waals surface area contributed by atoms with E-state index >= 15 is 4.39 Å². The van der Waals surface area contributed by atoms with Gasteiger partial charge in [-0.1, -0.05) is 43.7 Å². The standard InChI is InChI=1S/C36H43FN2O4/c1-21-8-9-22(2)39(21)20-28-16-26(12-14-29(28)30-18-34(42-4)38-19-31(30)37)32-15-13-24-10-11-27(17-33(24)43-32)35(23(3)36(40)41)25-6-5-7-25/h10-12,14,16-19,21-23,25,32,35H,5-9,13,15,20H2,1-4H3,(H,40,41)/t21-,22-,23+,32?,35+/m1/s1. The molecule has 7 heteroatoms. The number of carboxylic acids is 1. The molecule has 6 rings (SSSR count). The summed E-state index contributed by atoms with van der Waals surface area (Å²) in [5, 5.41) is 9.85. The van der Waals surface area contributed by atoms with Crippen molar-refractivity contribution in [2.45, 2.75) is 96.4 Å². The van der Waals surface area contributed by atoms with Crippen LogP contribution in [-0.4, -0.2) is 40.2 Å². The summed E-state index contributed by atoms with van der Waals surface area (Å²) in [5.74, 6) is 0.0720. The van der Waals surface area contributed by atoms with Crippen molar-refractivity contribution in [1.82, 2.24) is 9.88 Å². The number of benzene rings is 2. The summed E-state index contributed by atoms with van der Waals surface area (Å²) < 4.78 is 27.2. The van der Waals surface area contributed by atoms with Crippen molar-refractivity contribution in [2.24, 2.45) is 11.8 Å². The molecule has 3 aliphatic rings. The van der Waals surface area contributed by atoms with Crippen LogP contribution in [-0.2, 0) is 17.8 Å². The van der Waals surface area contributed by atoms with Gasteiger partial charge >= 0.3 is 5.97 Å². The lowest BCUT2D eigenvalue weighted by Crippen LogP contribution is -2.32. The van der Waals surface area contributed by atoms with Crippen molar-refractivity contribution in [3.63, 3.8) is 0 Å². The van der Waals surface area contributed by atoms with Gasteiger partial charge in [0.25, 0.3) is 0 Å². The van der Waals surface area contributed by atoms with E-state index in [1.807, 2.05) is 13.0 Å². The van der Waals surface area contributed by atoms with E-state index in [1.54, 1.807) is 13.2 Å². The number of likely N-dealkylation sites (tertiary alicyclic amines) is 1. The van der Waals surface area contributed by atoms with Crippen LogP contribution in [0.5, 0.6) is 11.6 Å². The van der Waals surface area contributed by atoms with Crippen LogP contribution in [0.15, 0.2) is 48.7 Å². The molecular formula is C36H43FN2O4. The highest BCUT2D eigenvalue weighted by Gasteiger charge is 2.36. The van der Waals surface area contributed by atoms with Gasteiger partial charge in [-0.3, -0.25) is 9.69 Å². The number of fused-ring (bicyclic) bond motifs is 1. The molecule has 3 aromatic rings. The van der Waals surface area contributed by atoms with Crippen molar-refractivity contribution in [3.8, 4) is 22.8 Å². The molecule has 2 aliphatic heterocycles. The van der Waals surface area contributed by atoms with Gasteiger partial charge in [-0.2, -0.15) is 0 Å². The minimum absolute atomic E-state index is 0.0110. The van der Waals surface area contributed by atoms with Gasteiger partial charge in [-0.05, 0) is 98.1 Å². The molecule has 1 unspecified atom stereocenters. The van der Waals surface area contributed by atoms with E-state index in [0.29, 0.717) is 29.4 Å². The Morgan fingerprint density at radius 2 is 1.84 bits per heavy atom. The van der Waals surface area contributed by atoms with E-state index in [2.05, 4.69) is 54.1 Å². The van der Waals surface area contributed by atoms with Crippen molar-refractivity contribution < 1.29 is 23.8 Å². The van der Waals surface area contributed by atoms with Crippen LogP contribution in [0.2, 0.25) is 0 Å². The van der Waals surface area contributed by atoms with E-state index < -0.39 is 11.9 Å². The number of hydrogen-bond donors (Lipinski definition) is 1. The van der Waals surface area contributed by atoms with Crippen LogP contribution < -0.4 is 9.47 Å². The highest BCUT2D eigenvalue weighted by atomic mass is 19.1. The normalized spacial score (nSPS) is 23.6. The third-order valence-corrected chi connectivity index (χ3v) is 10.3. The number of rotatable bonds is 9. The Balaban J connectivity index is 1.33. The molecule has 0 radical (unpaired) electrons. The zero-order valence-electron chi connectivity index (χ0n) is 25.7. The Kier molecular flexibility index (Phi) is 8.45. The number of ether oxygens (including phenoxy) is 2. The second-order valence-corrected chi connectivity index (χ2v) is 12.9. The molecule has 2 fully saturated rings. The summed E-state index contributed by atoms with van der Waals surface area (Å²) in [7, 11) is 1.54. The Morgan fingerprint density at radius 1 is 1.07 bits per heavy atom. The number of hydrogen-bond acceptors (Lipinski definition) is 5. The third-order valence-electron chi connectivity index (χ3n) is 10.3. The van der Waals surface area contributed by atoms with Crippen molar-refractivity contribution in [2.75, 3.05) is 7.11 Å². The number of aromatic nitrogens is 1. The largest absolute Gasteiger partial charge is 0.485 e. The topological polar surface area (TPSA) is 71.9 Å². The number of methoxy groups -OCH3 is 1. The number of pyridine rings is 1. The van der Waals surface area contributed by atoms with Crippen LogP contribution in [0.1, 0.15) is 93.6 Å². The molecule has 0 spiro atoms. The van der Waals surface area contributed by atoms with E-state index in [4.69, 9.17) is 9.47 Å². The van der Waals surface area contributed by atoms with Crippen molar-refractivity contribution >= 4 is 5.97 Å². The molecule has 2 aromatic carbocycles. The highest BCUT2D eigenvalue weighted by molar-refractivity contribution is 5.71. The molecule has 43 heavy (non-hydrogen) atoms. The van der Waals surface area contributed by atoms with Crippen molar-refractivity contribution in [1.29, 1.82) is 0 Å². The third kappa shape index (κ3) is 5.88. The molecule has 0 bridgehead atoms. The summed E-state index contributed by atoms with van der Waals surface area (Å²) >= 11 is 0. The predicted octanol–water partition coefficient (Wildman–Crippen LogP) is 7.94. The van der Waals surface area contributed by atoms with Crippen molar-refractivity contribution in [3.05, 3.63) is 76.7 Å². The monoisotopic (exact) mass is 586 g/mol. The molecule has 1 aromatic heterocycles. The maximum Gasteiger partial charge on any atom is 0.306 e. The number of carboxylic acid groups (broad SMARTS) is 1. The van der Waals surface area contributed by atoms with Gasteiger partial charge in [-0.25, -0.2) is 9.37 Å². The lowest BCUT2D eigenvalue weighted by atomic mass is 9.68. The number of carbonyl (C=O) groups is 1. The minimum atomic E-state index is -0.745. The lowest BCUT2D eigenvalue weighted by Gasteiger charge is -2.37. The number of nitrogens with zero attached hydrogens (tertiary/aromatic N) is 2. The zero-order valence-corrected chi connectivity index (χ0v) is 25.7. The number of aliphatic carboxylic acids is 1. The second-order valence-electron chi connectivity index (χ2n) is 12.9. The molecule has 1 N–H and O–H groups in total. The molecule has 1 aliphatic carbocycles. The first-order valence-corrected chi connectivity index (χ1v) is 15.8.